The van der Waals surface area contributed by atoms with E-state index in [9.17, 15) is 4.79 Å². The number of benzene rings is 2. The van der Waals surface area contributed by atoms with Crippen LogP contribution in [0.25, 0.3) is 0 Å². The molecule has 1 aromatic heterocycles. The van der Waals surface area contributed by atoms with Gasteiger partial charge in [0, 0.05) is 68.3 Å². The Kier molecular flexibility index (Phi) is 9.69. The molecule has 0 unspecified atom stereocenters. The van der Waals surface area contributed by atoms with E-state index >= 15 is 0 Å². The second-order valence-corrected chi connectivity index (χ2v) is 11.5. The number of nitrogens with one attached hydrogen (secondary N) is 1. The number of amides is 1. The first-order valence-electron chi connectivity index (χ1n) is 13.3. The van der Waals surface area contributed by atoms with Crippen molar-refractivity contribution in [3.63, 3.8) is 0 Å². The normalized spacial score (nSPS) is 13.9. The van der Waals surface area contributed by atoms with E-state index in [2.05, 4.69) is 54.1 Å². The van der Waals surface area contributed by atoms with Crippen molar-refractivity contribution in [3.8, 4) is 5.75 Å². The second kappa shape index (κ2) is 13.2. The van der Waals surface area contributed by atoms with Crippen molar-refractivity contribution >= 4 is 29.2 Å². The number of ether oxygens (including phenoxy) is 2. The lowest BCUT2D eigenvalue weighted by atomic mass is 9.92. The molecular weight excluding hydrogens is 510 g/mol. The molecule has 3 aromatic rings. The van der Waals surface area contributed by atoms with Crippen LogP contribution >= 0.6 is 11.8 Å². The van der Waals surface area contributed by atoms with Gasteiger partial charge in [0.15, 0.2) is 5.16 Å². The molecule has 4 rings (SSSR count). The molecule has 208 valence electrons. The van der Waals surface area contributed by atoms with Gasteiger partial charge in [-0.2, -0.15) is 0 Å². The molecule has 2 heterocycles. The maximum Gasteiger partial charge on any atom is 0.251 e. The van der Waals surface area contributed by atoms with Gasteiger partial charge in [0.25, 0.3) is 5.91 Å². The molecule has 0 atom stereocenters. The number of thioether (sulfide) groups is 1. The van der Waals surface area contributed by atoms with Crippen molar-refractivity contribution in [1.29, 1.82) is 0 Å². The summed E-state index contributed by atoms with van der Waals surface area (Å²) in [4.78, 5) is 26.9. The second-order valence-electron chi connectivity index (χ2n) is 10.6. The molecule has 1 N–H and O–H groups in total. The van der Waals surface area contributed by atoms with Gasteiger partial charge in [-0.15, -0.1) is 0 Å². The lowest BCUT2D eigenvalue weighted by molar-refractivity contribution is 0.0937. The van der Waals surface area contributed by atoms with Crippen molar-refractivity contribution in [2.24, 2.45) is 0 Å². The SMILES string of the molecule is COCCNC(=O)c1ccc(CSc2nc(N3CCN(c4ccc(OC)cc4)CC3)cc(C(C)(C)C)n2)cc1. The number of nitrogens with zero attached hydrogens (tertiary/aromatic N) is 4. The Balaban J connectivity index is 1.41. The van der Waals surface area contributed by atoms with E-state index in [1.807, 2.05) is 36.4 Å². The van der Waals surface area contributed by atoms with Crippen molar-refractivity contribution in [2.45, 2.75) is 37.1 Å². The van der Waals surface area contributed by atoms with Gasteiger partial charge < -0.3 is 24.6 Å². The van der Waals surface area contributed by atoms with Crippen LogP contribution in [0.3, 0.4) is 0 Å². The average Bonchev–Trinajstić information content (AvgIpc) is 2.96. The molecule has 39 heavy (non-hydrogen) atoms. The molecule has 0 bridgehead atoms. The number of hydrogen-bond donors (Lipinski definition) is 1. The van der Waals surface area contributed by atoms with Gasteiger partial charge >= 0.3 is 0 Å². The van der Waals surface area contributed by atoms with Gasteiger partial charge in [-0.1, -0.05) is 44.7 Å². The minimum atomic E-state index is -0.0933. The Morgan fingerprint density at radius 3 is 2.23 bits per heavy atom. The first kappa shape index (κ1) is 28.7. The number of anilines is 2. The van der Waals surface area contributed by atoms with Crippen molar-refractivity contribution in [3.05, 3.63) is 71.4 Å². The van der Waals surface area contributed by atoms with E-state index in [1.165, 1.54) is 5.69 Å². The predicted molar refractivity (Wildman–Crippen MR) is 158 cm³/mol. The van der Waals surface area contributed by atoms with Crippen LogP contribution in [-0.2, 0) is 15.9 Å². The highest BCUT2D eigenvalue weighted by Crippen LogP contribution is 2.29. The topological polar surface area (TPSA) is 79.8 Å². The van der Waals surface area contributed by atoms with Crippen LogP contribution in [0.4, 0.5) is 11.5 Å². The highest BCUT2D eigenvalue weighted by molar-refractivity contribution is 7.98. The number of piperazine rings is 1. The van der Waals surface area contributed by atoms with Gasteiger partial charge in [-0.25, -0.2) is 9.97 Å². The van der Waals surface area contributed by atoms with Crippen LogP contribution in [0.1, 0.15) is 42.4 Å². The Bertz CT molecular complexity index is 1220. The van der Waals surface area contributed by atoms with Gasteiger partial charge in [-0.3, -0.25) is 4.79 Å². The van der Waals surface area contributed by atoms with Crippen LogP contribution in [-0.4, -0.2) is 69.4 Å². The smallest absolute Gasteiger partial charge is 0.251 e. The van der Waals surface area contributed by atoms with Gasteiger partial charge in [0.1, 0.15) is 11.6 Å². The van der Waals surface area contributed by atoms with Gasteiger partial charge in [0.2, 0.25) is 0 Å². The van der Waals surface area contributed by atoms with Crippen LogP contribution < -0.4 is 19.9 Å². The summed E-state index contributed by atoms with van der Waals surface area (Å²) in [5.41, 5.74) is 3.92. The molecule has 2 aromatic carbocycles. The van der Waals surface area contributed by atoms with E-state index in [-0.39, 0.29) is 11.3 Å². The zero-order chi connectivity index (χ0) is 27.8. The highest BCUT2D eigenvalue weighted by atomic mass is 32.2. The van der Waals surface area contributed by atoms with Crippen molar-refractivity contribution in [2.75, 3.05) is 63.4 Å². The number of methoxy groups -OCH3 is 2. The van der Waals surface area contributed by atoms with Crippen molar-refractivity contribution < 1.29 is 14.3 Å². The number of carbonyl (C=O) groups is 1. The van der Waals surface area contributed by atoms with Crippen molar-refractivity contribution in [1.82, 2.24) is 15.3 Å². The molecule has 0 spiro atoms. The maximum absolute atomic E-state index is 12.3. The summed E-state index contributed by atoms with van der Waals surface area (Å²) in [5.74, 6) is 2.49. The lowest BCUT2D eigenvalue weighted by Gasteiger charge is -2.37. The van der Waals surface area contributed by atoms with Gasteiger partial charge in [-0.05, 0) is 42.0 Å². The molecule has 9 heteroatoms. The third kappa shape index (κ3) is 7.86. The Labute approximate surface area is 236 Å². The van der Waals surface area contributed by atoms with E-state index in [0.717, 1.165) is 59.9 Å². The summed E-state index contributed by atoms with van der Waals surface area (Å²) in [6.45, 7) is 11.2. The average molecular weight is 550 g/mol. The summed E-state index contributed by atoms with van der Waals surface area (Å²) in [6.07, 6.45) is 0. The molecule has 1 amide bonds. The summed E-state index contributed by atoms with van der Waals surface area (Å²) >= 11 is 1.63. The molecule has 0 saturated carbocycles. The Morgan fingerprint density at radius 1 is 0.949 bits per heavy atom. The Hall–Kier alpha value is -3.30. The number of aromatic nitrogens is 2. The fourth-order valence-electron chi connectivity index (χ4n) is 4.28. The fraction of sp³-hybridized carbons (Fsp3) is 0.433. The minimum absolute atomic E-state index is 0.0876. The molecular formula is C30H39N5O3S. The quantitative estimate of drug-likeness (QED) is 0.220. The Morgan fingerprint density at radius 2 is 1.62 bits per heavy atom. The molecule has 1 fully saturated rings. The maximum atomic E-state index is 12.3. The van der Waals surface area contributed by atoms with E-state index in [4.69, 9.17) is 19.4 Å². The van der Waals surface area contributed by atoms with E-state index < -0.39 is 0 Å². The van der Waals surface area contributed by atoms with Crippen LogP contribution in [0.5, 0.6) is 5.75 Å². The van der Waals surface area contributed by atoms with Gasteiger partial charge in [0.05, 0.1) is 19.4 Å². The molecule has 1 aliphatic rings. The third-order valence-corrected chi connectivity index (χ3v) is 7.60. The minimum Gasteiger partial charge on any atom is -0.497 e. The first-order chi connectivity index (χ1) is 18.8. The highest BCUT2D eigenvalue weighted by Gasteiger charge is 2.23. The van der Waals surface area contributed by atoms with Crippen LogP contribution in [0.15, 0.2) is 59.8 Å². The number of hydrogen-bond acceptors (Lipinski definition) is 8. The predicted octanol–water partition coefficient (Wildman–Crippen LogP) is 4.78. The standard InChI is InChI=1S/C30H39N5O3S/c1-30(2,3)26-20-27(35-17-15-34(16-18-35)24-10-12-25(38-5)13-11-24)33-29(32-26)39-21-22-6-8-23(9-7-22)28(36)31-14-19-37-4/h6-13,20H,14-19,21H2,1-5H3,(H,31,36). The fourth-order valence-corrected chi connectivity index (χ4v) is 5.09. The molecule has 8 nitrogen and oxygen atoms in total. The largest absolute Gasteiger partial charge is 0.497 e. The molecule has 0 radical (unpaired) electrons. The van der Waals surface area contributed by atoms with Crippen LogP contribution in [0.2, 0.25) is 0 Å². The third-order valence-electron chi connectivity index (χ3n) is 6.68. The zero-order valence-corrected chi connectivity index (χ0v) is 24.4. The summed E-state index contributed by atoms with van der Waals surface area (Å²) < 4.78 is 10.3. The van der Waals surface area contributed by atoms with Crippen LogP contribution in [0, 0.1) is 0 Å². The molecule has 1 saturated heterocycles. The molecule has 0 aliphatic carbocycles. The zero-order valence-electron chi connectivity index (χ0n) is 23.6. The lowest BCUT2D eigenvalue weighted by Crippen LogP contribution is -2.47. The molecule has 1 aliphatic heterocycles. The van der Waals surface area contributed by atoms with E-state index in [0.29, 0.717) is 18.7 Å². The summed E-state index contributed by atoms with van der Waals surface area (Å²) in [7, 11) is 3.31. The summed E-state index contributed by atoms with van der Waals surface area (Å²) in [6, 6.07) is 18.1. The number of carbonyl (C=O) groups excluding carboxylic acids is 1. The summed E-state index contributed by atoms with van der Waals surface area (Å²) in [5, 5.41) is 3.62. The monoisotopic (exact) mass is 549 g/mol. The number of rotatable bonds is 10. The first-order valence-corrected chi connectivity index (χ1v) is 14.3. The van der Waals surface area contributed by atoms with E-state index in [1.54, 1.807) is 26.0 Å².